The molecule has 0 bridgehead atoms. The zero-order valence-electron chi connectivity index (χ0n) is 14.8. The topological polar surface area (TPSA) is 71.1 Å². The van der Waals surface area contributed by atoms with Crippen molar-refractivity contribution in [1.82, 2.24) is 0 Å². The van der Waals surface area contributed by atoms with E-state index in [1.807, 2.05) is 36.4 Å². The average molecular weight is 364 g/mol. The Kier molecular flexibility index (Phi) is 4.16. The van der Waals surface area contributed by atoms with Crippen molar-refractivity contribution >= 4 is 22.7 Å². The fourth-order valence-electron chi connectivity index (χ4n) is 3.28. The van der Waals surface area contributed by atoms with E-state index in [4.69, 9.17) is 18.9 Å². The molecular weight excluding hydrogens is 348 g/mol. The number of benzene rings is 3. The first kappa shape index (κ1) is 16.9. The van der Waals surface area contributed by atoms with Crippen LogP contribution >= 0.6 is 0 Å². The molecule has 1 aliphatic heterocycles. The molecule has 1 heterocycles. The van der Waals surface area contributed by atoms with Gasteiger partial charge in [-0.3, -0.25) is 0 Å². The highest BCUT2D eigenvalue weighted by atomic mass is 16.7. The predicted octanol–water partition coefficient (Wildman–Crippen LogP) is 3.81. The van der Waals surface area contributed by atoms with Gasteiger partial charge in [-0.2, -0.15) is 0 Å². The molecule has 27 heavy (non-hydrogen) atoms. The summed E-state index contributed by atoms with van der Waals surface area (Å²) in [6, 6.07) is 14.6. The largest absolute Gasteiger partial charge is 0.465 e. The van der Waals surface area contributed by atoms with E-state index < -0.39 is 11.9 Å². The second-order valence-electron chi connectivity index (χ2n) is 5.95. The van der Waals surface area contributed by atoms with Crippen molar-refractivity contribution in [3.8, 4) is 22.6 Å². The number of esters is 2. The van der Waals surface area contributed by atoms with E-state index in [1.54, 1.807) is 12.1 Å². The number of carbonyl (C=O) groups is 2. The van der Waals surface area contributed by atoms with Gasteiger partial charge < -0.3 is 18.9 Å². The zero-order valence-corrected chi connectivity index (χ0v) is 14.8. The molecular formula is C21H16O6. The molecule has 0 radical (unpaired) electrons. The Morgan fingerprint density at radius 2 is 1.56 bits per heavy atom. The Balaban J connectivity index is 2.16. The van der Waals surface area contributed by atoms with Crippen LogP contribution in [0.1, 0.15) is 20.7 Å². The van der Waals surface area contributed by atoms with Crippen molar-refractivity contribution in [2.75, 3.05) is 21.0 Å². The van der Waals surface area contributed by atoms with Crippen LogP contribution in [-0.4, -0.2) is 33.0 Å². The van der Waals surface area contributed by atoms with Crippen LogP contribution in [0, 0.1) is 0 Å². The SMILES string of the molecule is COC(=O)c1cc2cc3c(cc2c(-c2ccccc2)c1C(=O)OC)OCO3. The first-order valence-electron chi connectivity index (χ1n) is 8.26. The van der Waals surface area contributed by atoms with E-state index in [0.717, 1.165) is 16.3 Å². The van der Waals surface area contributed by atoms with Gasteiger partial charge in [-0.15, -0.1) is 0 Å². The van der Waals surface area contributed by atoms with Crippen molar-refractivity contribution in [3.63, 3.8) is 0 Å². The van der Waals surface area contributed by atoms with Crippen LogP contribution in [0.2, 0.25) is 0 Å². The van der Waals surface area contributed by atoms with Crippen LogP contribution in [-0.2, 0) is 9.47 Å². The van der Waals surface area contributed by atoms with Gasteiger partial charge in [0, 0.05) is 5.56 Å². The summed E-state index contributed by atoms with van der Waals surface area (Å²) in [5.41, 5.74) is 1.64. The fraction of sp³-hybridized carbons (Fsp3) is 0.143. The van der Waals surface area contributed by atoms with Gasteiger partial charge in [0.05, 0.1) is 25.3 Å². The Morgan fingerprint density at radius 3 is 2.22 bits per heavy atom. The van der Waals surface area contributed by atoms with Crippen molar-refractivity contribution < 1.29 is 28.5 Å². The van der Waals surface area contributed by atoms with E-state index in [1.165, 1.54) is 14.2 Å². The van der Waals surface area contributed by atoms with Gasteiger partial charge in [-0.05, 0) is 34.5 Å². The summed E-state index contributed by atoms with van der Waals surface area (Å²) in [5.74, 6) is -0.0644. The van der Waals surface area contributed by atoms with Crippen LogP contribution in [0.4, 0.5) is 0 Å². The van der Waals surface area contributed by atoms with Crippen molar-refractivity contribution in [2.45, 2.75) is 0 Å². The van der Waals surface area contributed by atoms with Gasteiger partial charge in [-0.1, -0.05) is 30.3 Å². The summed E-state index contributed by atoms with van der Waals surface area (Å²) in [7, 11) is 2.55. The van der Waals surface area contributed by atoms with Crippen LogP contribution in [0.3, 0.4) is 0 Å². The lowest BCUT2D eigenvalue weighted by Crippen LogP contribution is -2.14. The molecule has 4 rings (SSSR count). The summed E-state index contributed by atoms with van der Waals surface area (Å²) >= 11 is 0. The molecule has 0 atom stereocenters. The van der Waals surface area contributed by atoms with E-state index in [0.29, 0.717) is 17.1 Å². The quantitative estimate of drug-likeness (QED) is 0.658. The van der Waals surface area contributed by atoms with Crippen molar-refractivity contribution in [3.05, 3.63) is 59.7 Å². The molecule has 136 valence electrons. The Morgan fingerprint density at radius 1 is 0.889 bits per heavy atom. The first-order chi connectivity index (χ1) is 13.1. The van der Waals surface area contributed by atoms with E-state index >= 15 is 0 Å². The van der Waals surface area contributed by atoms with Crippen LogP contribution < -0.4 is 9.47 Å². The standard InChI is InChI=1S/C21H16O6/c1-24-20(22)15-8-13-9-16-17(27-11-26-16)10-14(13)18(19(15)21(23)25-2)12-6-4-3-5-7-12/h3-10H,11H2,1-2H3. The molecule has 0 saturated heterocycles. The average Bonchev–Trinajstić information content (AvgIpc) is 3.17. The molecule has 0 aliphatic carbocycles. The van der Waals surface area contributed by atoms with Gasteiger partial charge in [0.15, 0.2) is 11.5 Å². The second-order valence-corrected chi connectivity index (χ2v) is 5.95. The number of hydrogen-bond acceptors (Lipinski definition) is 6. The molecule has 0 unspecified atom stereocenters. The fourth-order valence-corrected chi connectivity index (χ4v) is 3.28. The van der Waals surface area contributed by atoms with Crippen molar-refractivity contribution in [1.29, 1.82) is 0 Å². The Bertz CT molecular complexity index is 1060. The number of hydrogen-bond donors (Lipinski definition) is 0. The lowest BCUT2D eigenvalue weighted by Gasteiger charge is -2.16. The van der Waals surface area contributed by atoms with Gasteiger partial charge in [-0.25, -0.2) is 9.59 Å². The third-order valence-corrected chi connectivity index (χ3v) is 4.49. The highest BCUT2D eigenvalue weighted by Gasteiger charge is 2.27. The normalized spacial score (nSPS) is 12.1. The van der Waals surface area contributed by atoms with Crippen LogP contribution in [0.25, 0.3) is 21.9 Å². The Hall–Kier alpha value is -3.54. The van der Waals surface area contributed by atoms with Gasteiger partial charge >= 0.3 is 11.9 Å². The number of carbonyl (C=O) groups excluding carboxylic acids is 2. The number of fused-ring (bicyclic) bond motifs is 2. The molecule has 0 spiro atoms. The molecule has 3 aromatic carbocycles. The maximum absolute atomic E-state index is 12.6. The maximum Gasteiger partial charge on any atom is 0.339 e. The lowest BCUT2D eigenvalue weighted by molar-refractivity contribution is 0.0556. The number of ether oxygens (including phenoxy) is 4. The highest BCUT2D eigenvalue weighted by Crippen LogP contribution is 2.42. The maximum atomic E-state index is 12.6. The zero-order chi connectivity index (χ0) is 19.0. The Labute approximate surface area is 155 Å². The number of methoxy groups -OCH3 is 2. The molecule has 3 aromatic rings. The lowest BCUT2D eigenvalue weighted by atomic mass is 9.89. The summed E-state index contributed by atoms with van der Waals surface area (Å²) in [6.07, 6.45) is 0. The summed E-state index contributed by atoms with van der Waals surface area (Å²) in [4.78, 5) is 25.1. The summed E-state index contributed by atoms with van der Waals surface area (Å²) in [5, 5.41) is 1.48. The molecule has 6 nitrogen and oxygen atoms in total. The van der Waals surface area contributed by atoms with Gasteiger partial charge in [0.25, 0.3) is 0 Å². The molecule has 6 heteroatoms. The van der Waals surface area contributed by atoms with E-state index in [9.17, 15) is 9.59 Å². The third kappa shape index (κ3) is 2.75. The summed E-state index contributed by atoms with van der Waals surface area (Å²) in [6.45, 7) is 0.125. The third-order valence-electron chi connectivity index (χ3n) is 4.49. The minimum atomic E-state index is -0.618. The highest BCUT2D eigenvalue weighted by molar-refractivity contribution is 6.15. The minimum absolute atomic E-state index is 0.125. The first-order valence-corrected chi connectivity index (χ1v) is 8.26. The minimum Gasteiger partial charge on any atom is -0.465 e. The molecule has 0 fully saturated rings. The van der Waals surface area contributed by atoms with Crippen LogP contribution in [0.5, 0.6) is 11.5 Å². The molecule has 0 aromatic heterocycles. The molecule has 1 aliphatic rings. The summed E-state index contributed by atoms with van der Waals surface area (Å²) < 4.78 is 20.8. The monoisotopic (exact) mass is 364 g/mol. The predicted molar refractivity (Wildman–Crippen MR) is 98.2 cm³/mol. The van der Waals surface area contributed by atoms with E-state index in [-0.39, 0.29) is 17.9 Å². The smallest absolute Gasteiger partial charge is 0.339 e. The van der Waals surface area contributed by atoms with Crippen molar-refractivity contribution in [2.24, 2.45) is 0 Å². The van der Waals surface area contributed by atoms with Crippen LogP contribution in [0.15, 0.2) is 48.5 Å². The van der Waals surface area contributed by atoms with Gasteiger partial charge in [0.2, 0.25) is 6.79 Å². The molecule has 0 amide bonds. The van der Waals surface area contributed by atoms with E-state index in [2.05, 4.69) is 0 Å². The molecule has 0 N–H and O–H groups in total. The number of rotatable bonds is 3. The second kappa shape index (κ2) is 6.64. The molecule has 0 saturated carbocycles. The van der Waals surface area contributed by atoms with Gasteiger partial charge in [0.1, 0.15) is 0 Å².